The maximum absolute atomic E-state index is 11.3. The van der Waals surface area contributed by atoms with Crippen LogP contribution in [-0.4, -0.2) is 5.91 Å². The molecule has 0 radical (unpaired) electrons. The van der Waals surface area contributed by atoms with Crippen molar-refractivity contribution in [1.82, 2.24) is 0 Å². The SMILES string of the molecule is Nc1cc2c(cc1OCc1cccs1)NC(=O)C2. The van der Waals surface area contributed by atoms with Gasteiger partial charge in [-0.3, -0.25) is 4.79 Å². The molecule has 0 saturated carbocycles. The number of thiophene rings is 1. The van der Waals surface area contributed by atoms with E-state index in [0.29, 0.717) is 24.5 Å². The minimum absolute atomic E-state index is 0.000179. The van der Waals surface area contributed by atoms with Crippen molar-refractivity contribution in [2.24, 2.45) is 0 Å². The first-order chi connectivity index (χ1) is 8.72. The zero-order valence-corrected chi connectivity index (χ0v) is 10.4. The van der Waals surface area contributed by atoms with Crippen LogP contribution in [0.3, 0.4) is 0 Å². The third-order valence-electron chi connectivity index (χ3n) is 2.81. The smallest absolute Gasteiger partial charge is 0.228 e. The molecule has 1 amide bonds. The Morgan fingerprint density at radius 3 is 3.11 bits per heavy atom. The summed E-state index contributed by atoms with van der Waals surface area (Å²) in [4.78, 5) is 12.4. The summed E-state index contributed by atoms with van der Waals surface area (Å²) >= 11 is 1.64. The molecular formula is C13H12N2O2S. The number of nitrogens with one attached hydrogen (secondary N) is 1. The zero-order chi connectivity index (χ0) is 12.5. The van der Waals surface area contributed by atoms with Gasteiger partial charge < -0.3 is 15.8 Å². The first-order valence-electron chi connectivity index (χ1n) is 5.60. The lowest BCUT2D eigenvalue weighted by molar-refractivity contribution is -0.115. The molecule has 0 aliphatic carbocycles. The third kappa shape index (κ3) is 2.04. The zero-order valence-electron chi connectivity index (χ0n) is 9.60. The number of fused-ring (bicyclic) bond motifs is 1. The second-order valence-electron chi connectivity index (χ2n) is 4.14. The molecule has 5 heteroatoms. The molecule has 0 saturated heterocycles. The lowest BCUT2D eigenvalue weighted by Crippen LogP contribution is -2.03. The minimum Gasteiger partial charge on any atom is -0.486 e. The molecule has 2 heterocycles. The Labute approximate surface area is 108 Å². The molecule has 1 aliphatic rings. The summed E-state index contributed by atoms with van der Waals surface area (Å²) in [6, 6.07) is 7.59. The normalized spacial score (nSPS) is 13.2. The van der Waals surface area contributed by atoms with E-state index in [1.54, 1.807) is 23.5 Å². The van der Waals surface area contributed by atoms with E-state index in [0.717, 1.165) is 16.1 Å². The molecule has 3 N–H and O–H groups in total. The highest BCUT2D eigenvalue weighted by molar-refractivity contribution is 7.09. The van der Waals surface area contributed by atoms with Gasteiger partial charge in [0.05, 0.1) is 12.1 Å². The molecule has 2 aromatic rings. The van der Waals surface area contributed by atoms with Crippen molar-refractivity contribution in [2.45, 2.75) is 13.0 Å². The maximum atomic E-state index is 11.3. The Bertz CT molecular complexity index is 593. The fourth-order valence-corrected chi connectivity index (χ4v) is 2.56. The lowest BCUT2D eigenvalue weighted by Gasteiger charge is -2.10. The molecule has 0 atom stereocenters. The molecule has 0 fully saturated rings. The highest BCUT2D eigenvalue weighted by atomic mass is 32.1. The van der Waals surface area contributed by atoms with Gasteiger partial charge in [0.1, 0.15) is 12.4 Å². The van der Waals surface area contributed by atoms with Gasteiger partial charge in [-0.05, 0) is 23.1 Å². The van der Waals surface area contributed by atoms with Crippen molar-refractivity contribution in [3.8, 4) is 5.75 Å². The molecule has 92 valence electrons. The maximum Gasteiger partial charge on any atom is 0.228 e. The Hall–Kier alpha value is -2.01. The van der Waals surface area contributed by atoms with Crippen LogP contribution in [0.2, 0.25) is 0 Å². The quantitative estimate of drug-likeness (QED) is 0.833. The van der Waals surface area contributed by atoms with E-state index in [-0.39, 0.29) is 5.91 Å². The van der Waals surface area contributed by atoms with Crippen molar-refractivity contribution in [1.29, 1.82) is 0 Å². The van der Waals surface area contributed by atoms with E-state index in [2.05, 4.69) is 5.32 Å². The van der Waals surface area contributed by atoms with Crippen LogP contribution in [0.1, 0.15) is 10.4 Å². The van der Waals surface area contributed by atoms with Crippen LogP contribution >= 0.6 is 11.3 Å². The third-order valence-corrected chi connectivity index (χ3v) is 3.66. The number of nitrogens with two attached hydrogens (primary N) is 1. The van der Waals surface area contributed by atoms with Gasteiger partial charge in [-0.25, -0.2) is 0 Å². The van der Waals surface area contributed by atoms with Gasteiger partial charge in [0, 0.05) is 16.6 Å². The number of anilines is 2. The monoisotopic (exact) mass is 260 g/mol. The van der Waals surface area contributed by atoms with Crippen LogP contribution in [0, 0.1) is 0 Å². The Morgan fingerprint density at radius 1 is 1.44 bits per heavy atom. The number of nitrogen functional groups attached to an aromatic ring is 1. The van der Waals surface area contributed by atoms with Crippen molar-refractivity contribution in [3.05, 3.63) is 40.1 Å². The second kappa shape index (κ2) is 4.34. The summed E-state index contributed by atoms with van der Waals surface area (Å²) in [7, 11) is 0. The van der Waals surface area contributed by atoms with Gasteiger partial charge in [0.15, 0.2) is 0 Å². The van der Waals surface area contributed by atoms with Gasteiger partial charge in [0.25, 0.3) is 0 Å². The van der Waals surface area contributed by atoms with E-state index >= 15 is 0 Å². The number of carbonyl (C=O) groups is 1. The summed E-state index contributed by atoms with van der Waals surface area (Å²) in [6.07, 6.45) is 0.394. The Kier molecular flexibility index (Phi) is 2.68. The first-order valence-corrected chi connectivity index (χ1v) is 6.48. The van der Waals surface area contributed by atoms with Gasteiger partial charge in [-0.15, -0.1) is 11.3 Å². The van der Waals surface area contributed by atoms with Crippen LogP contribution in [0.25, 0.3) is 0 Å². The van der Waals surface area contributed by atoms with Crippen molar-refractivity contribution < 1.29 is 9.53 Å². The van der Waals surface area contributed by atoms with E-state index < -0.39 is 0 Å². The molecule has 1 aliphatic heterocycles. The standard InChI is InChI=1S/C13H12N2O2S/c14-10-4-8-5-13(16)15-11(8)6-12(10)17-7-9-2-1-3-18-9/h1-4,6H,5,7,14H2,(H,15,16). The largest absolute Gasteiger partial charge is 0.486 e. The summed E-state index contributed by atoms with van der Waals surface area (Å²) < 4.78 is 5.68. The summed E-state index contributed by atoms with van der Waals surface area (Å²) in [6.45, 7) is 0.495. The van der Waals surface area contributed by atoms with E-state index in [1.807, 2.05) is 17.5 Å². The van der Waals surface area contributed by atoms with Crippen LogP contribution in [0.5, 0.6) is 5.75 Å². The van der Waals surface area contributed by atoms with Gasteiger partial charge in [-0.2, -0.15) is 0 Å². The van der Waals surface area contributed by atoms with Crippen molar-refractivity contribution >= 4 is 28.6 Å². The van der Waals surface area contributed by atoms with Crippen LogP contribution < -0.4 is 15.8 Å². The number of hydrogen-bond acceptors (Lipinski definition) is 4. The highest BCUT2D eigenvalue weighted by Gasteiger charge is 2.19. The van der Waals surface area contributed by atoms with Crippen LogP contribution in [-0.2, 0) is 17.8 Å². The first kappa shape index (κ1) is 11.1. The van der Waals surface area contributed by atoms with Crippen molar-refractivity contribution in [2.75, 3.05) is 11.1 Å². The second-order valence-corrected chi connectivity index (χ2v) is 5.17. The number of ether oxygens (including phenoxy) is 1. The van der Waals surface area contributed by atoms with Crippen LogP contribution in [0.4, 0.5) is 11.4 Å². The molecule has 0 bridgehead atoms. The van der Waals surface area contributed by atoms with Gasteiger partial charge >= 0.3 is 0 Å². The lowest BCUT2D eigenvalue weighted by atomic mass is 10.1. The Morgan fingerprint density at radius 2 is 2.33 bits per heavy atom. The topological polar surface area (TPSA) is 64.3 Å². The number of benzene rings is 1. The van der Waals surface area contributed by atoms with E-state index in [4.69, 9.17) is 10.5 Å². The molecule has 0 unspecified atom stereocenters. The molecule has 0 spiro atoms. The average Bonchev–Trinajstić information content (AvgIpc) is 2.94. The van der Waals surface area contributed by atoms with Gasteiger partial charge in [0.2, 0.25) is 5.91 Å². The highest BCUT2D eigenvalue weighted by Crippen LogP contribution is 2.33. The predicted molar refractivity (Wildman–Crippen MR) is 71.8 cm³/mol. The number of rotatable bonds is 3. The average molecular weight is 260 g/mol. The summed E-state index contributed by atoms with van der Waals surface area (Å²) in [5.74, 6) is 0.615. The molecule has 4 nitrogen and oxygen atoms in total. The Balaban J connectivity index is 1.80. The predicted octanol–water partition coefficient (Wildman–Crippen LogP) is 2.40. The van der Waals surface area contributed by atoms with Crippen molar-refractivity contribution in [3.63, 3.8) is 0 Å². The molecule has 3 rings (SSSR count). The number of carbonyl (C=O) groups excluding carboxylic acids is 1. The molecule has 18 heavy (non-hydrogen) atoms. The number of hydrogen-bond donors (Lipinski definition) is 2. The fourth-order valence-electron chi connectivity index (χ4n) is 1.94. The van der Waals surface area contributed by atoms with E-state index in [1.165, 1.54) is 0 Å². The fraction of sp³-hybridized carbons (Fsp3) is 0.154. The summed E-state index contributed by atoms with van der Waals surface area (Å²) in [5, 5.41) is 4.79. The molecule has 1 aromatic heterocycles. The molecule has 1 aromatic carbocycles. The van der Waals surface area contributed by atoms with E-state index in [9.17, 15) is 4.79 Å². The molecular weight excluding hydrogens is 248 g/mol. The summed E-state index contributed by atoms with van der Waals surface area (Å²) in [5.41, 5.74) is 8.22. The number of amides is 1. The minimum atomic E-state index is -0.000179. The van der Waals surface area contributed by atoms with Crippen LogP contribution in [0.15, 0.2) is 29.6 Å². The van der Waals surface area contributed by atoms with Gasteiger partial charge in [-0.1, -0.05) is 6.07 Å².